The van der Waals surface area contributed by atoms with Gasteiger partial charge in [0.2, 0.25) is 0 Å². The molecule has 0 unspecified atom stereocenters. The Bertz CT molecular complexity index is 741. The number of nitro benzene ring substituents is 1. The summed E-state index contributed by atoms with van der Waals surface area (Å²) >= 11 is 0. The second-order valence-corrected chi connectivity index (χ2v) is 5.24. The fourth-order valence-corrected chi connectivity index (χ4v) is 2.02. The second kappa shape index (κ2) is 7.45. The lowest BCUT2D eigenvalue weighted by Gasteiger charge is -2.14. The van der Waals surface area contributed by atoms with Crippen LogP contribution in [0.25, 0.3) is 11.1 Å². The standard InChI is InChI=1S/C17H18N2O5/c1-18(2)17(20)11-24-16-9-6-13(19(21)22)10-15(16)12-4-7-14(23-3)8-5-12/h4-10H,11H2,1-3H3. The molecule has 0 bridgehead atoms. The van der Waals surface area contributed by atoms with Crippen LogP contribution in [0.5, 0.6) is 11.5 Å². The zero-order valence-corrected chi connectivity index (χ0v) is 13.7. The van der Waals surface area contributed by atoms with Crippen LogP contribution in [-0.4, -0.2) is 43.5 Å². The molecule has 0 atom stereocenters. The molecule has 0 fully saturated rings. The van der Waals surface area contributed by atoms with Crippen molar-refractivity contribution in [3.05, 3.63) is 52.6 Å². The van der Waals surface area contributed by atoms with E-state index in [2.05, 4.69) is 0 Å². The van der Waals surface area contributed by atoms with Gasteiger partial charge in [0.15, 0.2) is 6.61 Å². The zero-order chi connectivity index (χ0) is 17.7. The fraction of sp³-hybridized carbons (Fsp3) is 0.235. The molecule has 7 nitrogen and oxygen atoms in total. The van der Waals surface area contributed by atoms with Gasteiger partial charge in [0, 0.05) is 31.8 Å². The topological polar surface area (TPSA) is 81.9 Å². The van der Waals surface area contributed by atoms with E-state index in [1.165, 1.54) is 23.1 Å². The Morgan fingerprint density at radius 1 is 1.17 bits per heavy atom. The summed E-state index contributed by atoms with van der Waals surface area (Å²) in [5.41, 5.74) is 1.22. The van der Waals surface area contributed by atoms with E-state index in [1.807, 2.05) is 0 Å². The van der Waals surface area contributed by atoms with Crippen LogP contribution < -0.4 is 9.47 Å². The number of amides is 1. The summed E-state index contributed by atoms with van der Waals surface area (Å²) in [4.78, 5) is 23.7. The van der Waals surface area contributed by atoms with E-state index in [1.54, 1.807) is 45.5 Å². The van der Waals surface area contributed by atoms with Gasteiger partial charge in [0.25, 0.3) is 11.6 Å². The molecule has 2 aromatic carbocycles. The SMILES string of the molecule is COc1ccc(-c2cc([N+](=O)[O-])ccc2OCC(=O)N(C)C)cc1. The smallest absolute Gasteiger partial charge is 0.270 e. The number of methoxy groups -OCH3 is 1. The van der Waals surface area contributed by atoms with Gasteiger partial charge in [-0.3, -0.25) is 14.9 Å². The summed E-state index contributed by atoms with van der Waals surface area (Å²) in [5, 5.41) is 11.0. The number of benzene rings is 2. The Morgan fingerprint density at radius 2 is 1.83 bits per heavy atom. The highest BCUT2D eigenvalue weighted by molar-refractivity contribution is 5.78. The number of hydrogen-bond donors (Lipinski definition) is 0. The molecule has 0 aliphatic heterocycles. The first-order valence-corrected chi connectivity index (χ1v) is 7.18. The lowest BCUT2D eigenvalue weighted by Crippen LogP contribution is -2.27. The summed E-state index contributed by atoms with van der Waals surface area (Å²) in [6, 6.07) is 11.3. The summed E-state index contributed by atoms with van der Waals surface area (Å²) in [5.74, 6) is 0.879. The molecule has 126 valence electrons. The van der Waals surface area contributed by atoms with Crippen molar-refractivity contribution in [3.8, 4) is 22.6 Å². The summed E-state index contributed by atoms with van der Waals surface area (Å²) in [6.45, 7) is -0.145. The van der Waals surface area contributed by atoms with Crippen molar-refractivity contribution in [2.24, 2.45) is 0 Å². The summed E-state index contributed by atoms with van der Waals surface area (Å²) in [7, 11) is 4.82. The Balaban J connectivity index is 2.38. The van der Waals surface area contributed by atoms with Crippen molar-refractivity contribution in [2.75, 3.05) is 27.8 Å². The third-order valence-corrected chi connectivity index (χ3v) is 3.42. The first-order chi connectivity index (χ1) is 11.4. The number of hydrogen-bond acceptors (Lipinski definition) is 5. The van der Waals surface area contributed by atoms with Gasteiger partial charge in [-0.1, -0.05) is 12.1 Å². The maximum absolute atomic E-state index is 11.7. The minimum atomic E-state index is -0.470. The third-order valence-electron chi connectivity index (χ3n) is 3.42. The molecule has 0 radical (unpaired) electrons. The molecular weight excluding hydrogens is 312 g/mol. The van der Waals surface area contributed by atoms with Crippen molar-refractivity contribution < 1.29 is 19.2 Å². The summed E-state index contributed by atoms with van der Waals surface area (Å²) in [6.07, 6.45) is 0. The largest absolute Gasteiger partial charge is 0.497 e. The van der Waals surface area contributed by atoms with Crippen molar-refractivity contribution in [3.63, 3.8) is 0 Å². The number of nitrogens with zero attached hydrogens (tertiary/aromatic N) is 2. The van der Waals surface area contributed by atoms with Gasteiger partial charge < -0.3 is 14.4 Å². The zero-order valence-electron chi connectivity index (χ0n) is 13.7. The van der Waals surface area contributed by atoms with Crippen LogP contribution in [0.15, 0.2) is 42.5 Å². The Labute approximate surface area is 139 Å². The van der Waals surface area contributed by atoms with Crippen LogP contribution in [0.3, 0.4) is 0 Å². The molecular formula is C17H18N2O5. The van der Waals surface area contributed by atoms with Gasteiger partial charge in [-0.2, -0.15) is 0 Å². The van der Waals surface area contributed by atoms with E-state index < -0.39 is 4.92 Å². The highest BCUT2D eigenvalue weighted by Crippen LogP contribution is 2.34. The first-order valence-electron chi connectivity index (χ1n) is 7.18. The maximum Gasteiger partial charge on any atom is 0.270 e. The van der Waals surface area contributed by atoms with Crippen molar-refractivity contribution in [2.45, 2.75) is 0 Å². The van der Waals surface area contributed by atoms with Crippen LogP contribution >= 0.6 is 0 Å². The van der Waals surface area contributed by atoms with E-state index in [-0.39, 0.29) is 18.2 Å². The molecule has 7 heteroatoms. The van der Waals surface area contributed by atoms with E-state index in [9.17, 15) is 14.9 Å². The van der Waals surface area contributed by atoms with E-state index in [0.29, 0.717) is 17.1 Å². The minimum Gasteiger partial charge on any atom is -0.497 e. The molecule has 2 aromatic rings. The van der Waals surface area contributed by atoms with Crippen molar-refractivity contribution in [1.82, 2.24) is 4.90 Å². The van der Waals surface area contributed by atoms with Gasteiger partial charge in [-0.05, 0) is 23.8 Å². The van der Waals surface area contributed by atoms with Crippen LogP contribution in [0.4, 0.5) is 5.69 Å². The summed E-state index contributed by atoms with van der Waals surface area (Å²) < 4.78 is 10.7. The van der Waals surface area contributed by atoms with E-state index >= 15 is 0 Å². The van der Waals surface area contributed by atoms with Gasteiger partial charge in [0.1, 0.15) is 11.5 Å². The van der Waals surface area contributed by atoms with E-state index in [0.717, 1.165) is 5.56 Å². The quantitative estimate of drug-likeness (QED) is 0.601. The normalized spacial score (nSPS) is 10.1. The molecule has 0 spiro atoms. The monoisotopic (exact) mass is 330 g/mol. The van der Waals surface area contributed by atoms with Crippen molar-refractivity contribution in [1.29, 1.82) is 0 Å². The Kier molecular flexibility index (Phi) is 5.36. The van der Waals surface area contributed by atoms with Crippen LogP contribution in [0, 0.1) is 10.1 Å². The molecule has 0 N–H and O–H groups in total. The molecule has 24 heavy (non-hydrogen) atoms. The lowest BCUT2D eigenvalue weighted by molar-refractivity contribution is -0.384. The predicted molar refractivity (Wildman–Crippen MR) is 89.3 cm³/mol. The maximum atomic E-state index is 11.7. The number of carbonyl (C=O) groups excluding carboxylic acids is 1. The first kappa shape index (κ1) is 17.3. The number of rotatable bonds is 6. The third kappa shape index (κ3) is 4.01. The van der Waals surface area contributed by atoms with Gasteiger partial charge in [-0.25, -0.2) is 0 Å². The number of likely N-dealkylation sites (N-methyl/N-ethyl adjacent to an activating group) is 1. The van der Waals surface area contributed by atoms with Gasteiger partial charge >= 0.3 is 0 Å². The molecule has 0 saturated carbocycles. The average molecular weight is 330 g/mol. The molecule has 1 amide bonds. The van der Waals surface area contributed by atoms with Crippen molar-refractivity contribution >= 4 is 11.6 Å². The molecule has 2 rings (SSSR count). The highest BCUT2D eigenvalue weighted by atomic mass is 16.6. The molecule has 0 heterocycles. The van der Waals surface area contributed by atoms with Gasteiger partial charge in [-0.15, -0.1) is 0 Å². The number of nitro groups is 1. The number of carbonyl (C=O) groups is 1. The number of ether oxygens (including phenoxy) is 2. The average Bonchev–Trinajstić information content (AvgIpc) is 2.59. The Morgan fingerprint density at radius 3 is 2.38 bits per heavy atom. The Hall–Kier alpha value is -3.09. The minimum absolute atomic E-state index is 0.0490. The predicted octanol–water partition coefficient (Wildman–Crippen LogP) is 2.74. The lowest BCUT2D eigenvalue weighted by atomic mass is 10.0. The van der Waals surface area contributed by atoms with E-state index in [4.69, 9.17) is 9.47 Å². The highest BCUT2D eigenvalue weighted by Gasteiger charge is 2.15. The molecule has 0 aliphatic carbocycles. The molecule has 0 saturated heterocycles. The molecule has 0 aromatic heterocycles. The number of non-ortho nitro benzene ring substituents is 1. The van der Waals surface area contributed by atoms with Crippen LogP contribution in [0.1, 0.15) is 0 Å². The van der Waals surface area contributed by atoms with Gasteiger partial charge in [0.05, 0.1) is 12.0 Å². The molecule has 0 aliphatic rings. The second-order valence-electron chi connectivity index (χ2n) is 5.24. The van der Waals surface area contributed by atoms with Crippen LogP contribution in [0.2, 0.25) is 0 Å². The van der Waals surface area contributed by atoms with Crippen LogP contribution in [-0.2, 0) is 4.79 Å². The fourth-order valence-electron chi connectivity index (χ4n) is 2.02.